The van der Waals surface area contributed by atoms with Crippen LogP contribution in [0.5, 0.6) is 34.5 Å². The van der Waals surface area contributed by atoms with Gasteiger partial charge in [-0.15, -0.1) is 0 Å². The molecule has 8 nitrogen and oxygen atoms in total. The van der Waals surface area contributed by atoms with Crippen LogP contribution in [0.2, 0.25) is 0 Å². The van der Waals surface area contributed by atoms with Crippen molar-refractivity contribution < 1.29 is 33.2 Å². The number of hydrogen-bond donors (Lipinski definition) is 0. The summed E-state index contributed by atoms with van der Waals surface area (Å²) in [6.45, 7) is 3.62. The standard InChI is InChI=1S/C29H29NO7/c1-17-28-20(15-30(16-36-28)14-18-6-8-24(34-4)25(10-18)35-5)12-22-27(31)26(37-29(17)22)13-19-11-21(32-2)7-9-23(19)33-3/h6-13H,14-16H2,1-5H3/b26-13-. The minimum absolute atomic E-state index is 0.178. The first-order valence-corrected chi connectivity index (χ1v) is 11.8. The number of carbonyl (C=O) groups is 1. The zero-order valence-corrected chi connectivity index (χ0v) is 21.5. The molecular weight excluding hydrogens is 474 g/mol. The Kier molecular flexibility index (Phi) is 6.67. The van der Waals surface area contributed by atoms with E-state index in [1.807, 2.05) is 31.2 Å². The third-order valence-electron chi connectivity index (χ3n) is 6.58. The van der Waals surface area contributed by atoms with Crippen LogP contribution in [0.1, 0.15) is 32.6 Å². The highest BCUT2D eigenvalue weighted by atomic mass is 16.5. The molecule has 0 amide bonds. The van der Waals surface area contributed by atoms with Gasteiger partial charge in [0.25, 0.3) is 0 Å². The normalized spacial score (nSPS) is 15.5. The van der Waals surface area contributed by atoms with Gasteiger partial charge in [0.2, 0.25) is 5.78 Å². The molecule has 8 heteroatoms. The SMILES string of the molecule is COc1ccc(OC)c(/C=C2\Oc3c(cc4c(c3C)OCN(Cc3ccc(OC)c(OC)c3)C4)C2=O)c1. The molecule has 0 atom stereocenters. The molecule has 0 radical (unpaired) electrons. The number of ether oxygens (including phenoxy) is 6. The zero-order chi connectivity index (χ0) is 26.1. The summed E-state index contributed by atoms with van der Waals surface area (Å²) < 4.78 is 33.8. The number of ketones is 1. The summed E-state index contributed by atoms with van der Waals surface area (Å²) in [4.78, 5) is 15.5. The maximum atomic E-state index is 13.4. The third kappa shape index (κ3) is 4.56. The molecule has 192 valence electrons. The van der Waals surface area contributed by atoms with Crippen LogP contribution in [0.15, 0.2) is 48.2 Å². The van der Waals surface area contributed by atoms with E-state index in [0.29, 0.717) is 59.7 Å². The molecule has 0 aromatic heterocycles. The first-order valence-electron chi connectivity index (χ1n) is 11.8. The van der Waals surface area contributed by atoms with Gasteiger partial charge in [0.05, 0.1) is 34.0 Å². The van der Waals surface area contributed by atoms with Crippen molar-refractivity contribution in [2.45, 2.75) is 20.0 Å². The fourth-order valence-electron chi connectivity index (χ4n) is 4.73. The van der Waals surface area contributed by atoms with Gasteiger partial charge in [0.15, 0.2) is 17.3 Å². The van der Waals surface area contributed by atoms with Crippen molar-refractivity contribution in [3.63, 3.8) is 0 Å². The Hall–Kier alpha value is -4.17. The van der Waals surface area contributed by atoms with E-state index in [2.05, 4.69) is 4.90 Å². The summed E-state index contributed by atoms with van der Waals surface area (Å²) in [5.74, 6) is 3.99. The summed E-state index contributed by atoms with van der Waals surface area (Å²) in [5, 5.41) is 0. The highest BCUT2D eigenvalue weighted by Gasteiger charge is 2.34. The molecular formula is C29H29NO7. The first-order chi connectivity index (χ1) is 17.9. The van der Waals surface area contributed by atoms with Crippen molar-refractivity contribution in [1.29, 1.82) is 0 Å². The Labute approximate surface area is 215 Å². The van der Waals surface area contributed by atoms with Gasteiger partial charge in [-0.1, -0.05) is 6.07 Å². The number of carbonyl (C=O) groups excluding carboxylic acids is 1. The Bertz CT molecular complexity index is 1400. The molecule has 3 aromatic carbocycles. The number of hydrogen-bond acceptors (Lipinski definition) is 8. The van der Waals surface area contributed by atoms with Gasteiger partial charge in [0.1, 0.15) is 29.7 Å². The average Bonchev–Trinajstić information content (AvgIpc) is 3.23. The molecule has 0 saturated carbocycles. The molecule has 0 aliphatic carbocycles. The van der Waals surface area contributed by atoms with E-state index in [9.17, 15) is 4.79 Å². The van der Waals surface area contributed by atoms with Gasteiger partial charge < -0.3 is 28.4 Å². The molecule has 3 aromatic rings. The average molecular weight is 504 g/mol. The molecule has 0 fully saturated rings. The summed E-state index contributed by atoms with van der Waals surface area (Å²) in [6, 6.07) is 13.1. The highest BCUT2D eigenvalue weighted by Crippen LogP contribution is 2.44. The second kappa shape index (κ2) is 10.1. The second-order valence-electron chi connectivity index (χ2n) is 8.86. The van der Waals surface area contributed by atoms with E-state index in [4.69, 9.17) is 28.4 Å². The molecule has 2 heterocycles. The monoisotopic (exact) mass is 503 g/mol. The van der Waals surface area contributed by atoms with Crippen molar-refractivity contribution in [3.8, 4) is 34.5 Å². The number of methoxy groups -OCH3 is 4. The Morgan fingerprint density at radius 3 is 2.38 bits per heavy atom. The van der Waals surface area contributed by atoms with Crippen LogP contribution in [-0.2, 0) is 13.1 Å². The number of fused-ring (bicyclic) bond motifs is 2. The van der Waals surface area contributed by atoms with Crippen LogP contribution in [0.4, 0.5) is 0 Å². The fourth-order valence-corrected chi connectivity index (χ4v) is 4.73. The molecule has 2 aliphatic rings. The van der Waals surface area contributed by atoms with Gasteiger partial charge in [-0.3, -0.25) is 9.69 Å². The smallest absolute Gasteiger partial charge is 0.231 e. The fraction of sp³-hybridized carbons (Fsp3) is 0.276. The minimum atomic E-state index is -0.178. The van der Waals surface area contributed by atoms with Gasteiger partial charge in [-0.25, -0.2) is 0 Å². The van der Waals surface area contributed by atoms with Gasteiger partial charge in [-0.05, 0) is 55.0 Å². The number of benzene rings is 3. The lowest BCUT2D eigenvalue weighted by Crippen LogP contribution is -2.32. The van der Waals surface area contributed by atoms with Crippen LogP contribution in [0, 0.1) is 6.92 Å². The summed E-state index contributed by atoms with van der Waals surface area (Å²) in [6.07, 6.45) is 1.69. The predicted octanol–water partition coefficient (Wildman–Crippen LogP) is 5.00. The van der Waals surface area contributed by atoms with Crippen LogP contribution in [-0.4, -0.2) is 45.9 Å². The highest BCUT2D eigenvalue weighted by molar-refractivity contribution is 6.15. The second-order valence-corrected chi connectivity index (χ2v) is 8.86. The minimum Gasteiger partial charge on any atom is -0.497 e. The predicted molar refractivity (Wildman–Crippen MR) is 138 cm³/mol. The van der Waals surface area contributed by atoms with E-state index in [0.717, 1.165) is 22.4 Å². The lowest BCUT2D eigenvalue weighted by atomic mass is 9.99. The van der Waals surface area contributed by atoms with Gasteiger partial charge in [-0.2, -0.15) is 0 Å². The van der Waals surface area contributed by atoms with Crippen molar-refractivity contribution in [2.75, 3.05) is 35.2 Å². The van der Waals surface area contributed by atoms with E-state index < -0.39 is 0 Å². The number of allylic oxidation sites excluding steroid dienone is 1. The van der Waals surface area contributed by atoms with Crippen LogP contribution in [0.3, 0.4) is 0 Å². The maximum Gasteiger partial charge on any atom is 0.231 e. The number of nitrogens with zero attached hydrogens (tertiary/aromatic N) is 1. The largest absolute Gasteiger partial charge is 0.497 e. The molecule has 0 bridgehead atoms. The lowest BCUT2D eigenvalue weighted by molar-refractivity contribution is 0.0876. The maximum absolute atomic E-state index is 13.4. The van der Waals surface area contributed by atoms with E-state index in [1.165, 1.54) is 0 Å². The molecule has 5 rings (SSSR count). The van der Waals surface area contributed by atoms with Gasteiger partial charge in [0, 0.05) is 29.8 Å². The number of rotatable bonds is 7. The van der Waals surface area contributed by atoms with E-state index >= 15 is 0 Å². The van der Waals surface area contributed by atoms with Crippen molar-refractivity contribution >= 4 is 11.9 Å². The molecule has 37 heavy (non-hydrogen) atoms. The third-order valence-corrected chi connectivity index (χ3v) is 6.58. The van der Waals surface area contributed by atoms with Crippen molar-refractivity contribution in [3.05, 3.63) is 76.0 Å². The first kappa shape index (κ1) is 24.5. The zero-order valence-electron chi connectivity index (χ0n) is 21.5. The summed E-state index contributed by atoms with van der Waals surface area (Å²) in [5.41, 5.74) is 4.05. The molecule has 0 unspecified atom stereocenters. The Morgan fingerprint density at radius 1 is 0.892 bits per heavy atom. The van der Waals surface area contributed by atoms with Crippen molar-refractivity contribution in [2.24, 2.45) is 0 Å². The summed E-state index contributed by atoms with van der Waals surface area (Å²) >= 11 is 0. The molecule has 2 aliphatic heterocycles. The van der Waals surface area contributed by atoms with Crippen molar-refractivity contribution in [1.82, 2.24) is 4.90 Å². The van der Waals surface area contributed by atoms with E-state index in [-0.39, 0.29) is 11.5 Å². The molecule has 0 saturated heterocycles. The lowest BCUT2D eigenvalue weighted by Gasteiger charge is -2.30. The Balaban J connectivity index is 1.41. The quantitative estimate of drug-likeness (QED) is 0.417. The number of Topliss-reactive ketones (excluding diaryl/α,β-unsaturated/α-hetero) is 1. The summed E-state index contributed by atoms with van der Waals surface area (Å²) in [7, 11) is 6.41. The molecule has 0 N–H and O–H groups in total. The van der Waals surface area contributed by atoms with Crippen LogP contribution < -0.4 is 28.4 Å². The van der Waals surface area contributed by atoms with Gasteiger partial charge >= 0.3 is 0 Å². The van der Waals surface area contributed by atoms with Crippen LogP contribution >= 0.6 is 0 Å². The van der Waals surface area contributed by atoms with E-state index in [1.54, 1.807) is 52.7 Å². The molecule has 0 spiro atoms. The van der Waals surface area contributed by atoms with Crippen LogP contribution in [0.25, 0.3) is 6.08 Å². The Morgan fingerprint density at radius 2 is 1.65 bits per heavy atom. The topological polar surface area (TPSA) is 75.7 Å².